The molecule has 1 unspecified atom stereocenters. The van der Waals surface area contributed by atoms with E-state index in [1.165, 1.54) is 10.4 Å². The molecule has 1 N–H and O–H groups in total. The molecule has 0 amide bonds. The number of thiophene rings is 1. The fourth-order valence-corrected chi connectivity index (χ4v) is 2.98. The van der Waals surface area contributed by atoms with Gasteiger partial charge in [0, 0.05) is 10.4 Å². The van der Waals surface area contributed by atoms with Gasteiger partial charge in [-0.3, -0.25) is 0 Å². The minimum absolute atomic E-state index is 0.0493. The van der Waals surface area contributed by atoms with Gasteiger partial charge in [0.1, 0.15) is 5.82 Å². The third-order valence-electron chi connectivity index (χ3n) is 3.28. The lowest BCUT2D eigenvalue weighted by Crippen LogP contribution is -2.24. The highest BCUT2D eigenvalue weighted by Crippen LogP contribution is 2.30. The quantitative estimate of drug-likeness (QED) is 0.842. The van der Waals surface area contributed by atoms with Gasteiger partial charge >= 0.3 is 0 Å². The fraction of sp³-hybridized carbons (Fsp3) is 0.375. The van der Waals surface area contributed by atoms with E-state index in [2.05, 4.69) is 30.6 Å². The lowest BCUT2D eigenvalue weighted by atomic mass is 9.97. The van der Waals surface area contributed by atoms with Gasteiger partial charge in [-0.15, -0.1) is 11.3 Å². The second-order valence-electron chi connectivity index (χ2n) is 4.84. The van der Waals surface area contributed by atoms with E-state index in [1.807, 2.05) is 19.1 Å². The van der Waals surface area contributed by atoms with Crippen molar-refractivity contribution < 1.29 is 4.39 Å². The molecular formula is C16H20FNS. The van der Waals surface area contributed by atoms with Gasteiger partial charge in [0.05, 0.1) is 6.04 Å². The first-order chi connectivity index (χ1) is 9.13. The van der Waals surface area contributed by atoms with Crippen LogP contribution in [0.5, 0.6) is 0 Å². The topological polar surface area (TPSA) is 12.0 Å². The van der Waals surface area contributed by atoms with Crippen LogP contribution in [0.1, 0.15) is 41.0 Å². The van der Waals surface area contributed by atoms with Crippen LogP contribution in [0.4, 0.5) is 4.39 Å². The summed E-state index contributed by atoms with van der Waals surface area (Å²) < 4.78 is 14.2. The molecule has 0 saturated carbocycles. The van der Waals surface area contributed by atoms with Crippen molar-refractivity contribution in [3.05, 3.63) is 57.0 Å². The third-order valence-corrected chi connectivity index (χ3v) is 4.14. The summed E-state index contributed by atoms with van der Waals surface area (Å²) in [6, 6.07) is 7.52. The summed E-state index contributed by atoms with van der Waals surface area (Å²) in [5.74, 6) is -0.126. The zero-order valence-electron chi connectivity index (χ0n) is 11.7. The van der Waals surface area contributed by atoms with E-state index >= 15 is 0 Å². The average molecular weight is 277 g/mol. The van der Waals surface area contributed by atoms with Gasteiger partial charge < -0.3 is 5.32 Å². The summed E-state index contributed by atoms with van der Waals surface area (Å²) in [4.78, 5) is 1.24. The van der Waals surface area contributed by atoms with Gasteiger partial charge in [0.2, 0.25) is 0 Å². The van der Waals surface area contributed by atoms with E-state index in [0.717, 1.165) is 24.1 Å². The fourth-order valence-electron chi connectivity index (χ4n) is 2.24. The van der Waals surface area contributed by atoms with Crippen molar-refractivity contribution in [1.82, 2.24) is 5.32 Å². The number of rotatable bonds is 5. The molecule has 1 aromatic heterocycles. The second kappa shape index (κ2) is 6.31. The summed E-state index contributed by atoms with van der Waals surface area (Å²) in [6.45, 7) is 7.01. The van der Waals surface area contributed by atoms with Crippen molar-refractivity contribution in [2.75, 3.05) is 6.54 Å². The molecule has 0 aliphatic heterocycles. The van der Waals surface area contributed by atoms with E-state index in [4.69, 9.17) is 0 Å². The van der Waals surface area contributed by atoms with Crippen LogP contribution in [0, 0.1) is 19.7 Å². The van der Waals surface area contributed by atoms with Crippen LogP contribution in [0.25, 0.3) is 0 Å². The van der Waals surface area contributed by atoms with Gasteiger partial charge in [-0.05, 0) is 55.5 Å². The molecule has 0 fully saturated rings. The Morgan fingerprint density at radius 1 is 1.21 bits per heavy atom. The predicted octanol–water partition coefficient (Wildman–Crippen LogP) is 4.59. The molecule has 2 aromatic rings. The zero-order chi connectivity index (χ0) is 13.8. The van der Waals surface area contributed by atoms with Crippen molar-refractivity contribution in [3.8, 4) is 0 Å². The first-order valence-corrected chi connectivity index (χ1v) is 7.55. The van der Waals surface area contributed by atoms with Crippen LogP contribution in [0.15, 0.2) is 29.6 Å². The molecule has 1 heterocycles. The second-order valence-corrected chi connectivity index (χ2v) is 5.96. The maximum atomic E-state index is 14.2. The Kier molecular flexibility index (Phi) is 4.72. The van der Waals surface area contributed by atoms with E-state index in [-0.39, 0.29) is 11.9 Å². The summed E-state index contributed by atoms with van der Waals surface area (Å²) in [5, 5.41) is 5.52. The molecule has 0 aliphatic rings. The van der Waals surface area contributed by atoms with Crippen LogP contribution >= 0.6 is 11.3 Å². The number of hydrogen-bond acceptors (Lipinski definition) is 2. The van der Waals surface area contributed by atoms with Gasteiger partial charge in [0.25, 0.3) is 0 Å². The van der Waals surface area contributed by atoms with Gasteiger partial charge in [-0.25, -0.2) is 4.39 Å². The molecule has 0 bridgehead atoms. The number of halogens is 1. The first kappa shape index (κ1) is 14.2. The molecule has 0 spiro atoms. The van der Waals surface area contributed by atoms with Crippen LogP contribution in [-0.2, 0) is 0 Å². The molecule has 102 valence electrons. The van der Waals surface area contributed by atoms with Crippen molar-refractivity contribution in [2.24, 2.45) is 0 Å². The van der Waals surface area contributed by atoms with Crippen molar-refractivity contribution in [2.45, 2.75) is 33.2 Å². The standard InChI is InChI=1S/C16H20FNS/c1-4-8-18-16(13-7-9-19-12(13)3)14-6-5-11(2)10-15(14)17/h5-7,9-10,16,18H,4,8H2,1-3H3. The summed E-state index contributed by atoms with van der Waals surface area (Å²) >= 11 is 1.71. The Hall–Kier alpha value is -1.19. The van der Waals surface area contributed by atoms with Crippen LogP contribution < -0.4 is 5.32 Å². The zero-order valence-corrected chi connectivity index (χ0v) is 12.5. The maximum Gasteiger partial charge on any atom is 0.128 e. The summed E-state index contributed by atoms with van der Waals surface area (Å²) in [6.07, 6.45) is 1.03. The molecule has 19 heavy (non-hydrogen) atoms. The van der Waals surface area contributed by atoms with Crippen LogP contribution in [0.2, 0.25) is 0 Å². The number of aryl methyl sites for hydroxylation is 2. The highest BCUT2D eigenvalue weighted by atomic mass is 32.1. The highest BCUT2D eigenvalue weighted by molar-refractivity contribution is 7.10. The van der Waals surface area contributed by atoms with E-state index in [0.29, 0.717) is 0 Å². The summed E-state index contributed by atoms with van der Waals surface area (Å²) in [7, 11) is 0. The first-order valence-electron chi connectivity index (χ1n) is 6.67. The van der Waals surface area contributed by atoms with Crippen molar-refractivity contribution in [3.63, 3.8) is 0 Å². The smallest absolute Gasteiger partial charge is 0.128 e. The average Bonchev–Trinajstić information content (AvgIpc) is 2.78. The highest BCUT2D eigenvalue weighted by Gasteiger charge is 2.19. The third kappa shape index (κ3) is 3.23. The molecule has 0 aliphatic carbocycles. The lowest BCUT2D eigenvalue weighted by Gasteiger charge is -2.20. The monoisotopic (exact) mass is 277 g/mol. The van der Waals surface area contributed by atoms with Gasteiger partial charge in [-0.1, -0.05) is 19.1 Å². The Morgan fingerprint density at radius 2 is 2.00 bits per heavy atom. The minimum Gasteiger partial charge on any atom is -0.306 e. The van der Waals surface area contributed by atoms with Crippen LogP contribution in [-0.4, -0.2) is 6.54 Å². The van der Waals surface area contributed by atoms with E-state index < -0.39 is 0 Å². The number of hydrogen-bond donors (Lipinski definition) is 1. The van der Waals surface area contributed by atoms with Crippen LogP contribution in [0.3, 0.4) is 0 Å². The molecule has 1 aromatic carbocycles. The SMILES string of the molecule is CCCNC(c1ccc(C)cc1F)c1ccsc1C. The van der Waals surface area contributed by atoms with Crippen molar-refractivity contribution >= 4 is 11.3 Å². The normalized spacial score (nSPS) is 12.6. The minimum atomic E-state index is -0.126. The van der Waals surface area contributed by atoms with Crippen molar-refractivity contribution in [1.29, 1.82) is 0 Å². The Balaban J connectivity index is 2.40. The van der Waals surface area contributed by atoms with Gasteiger partial charge in [0.15, 0.2) is 0 Å². The molecule has 3 heteroatoms. The Bertz CT molecular complexity index is 547. The molecule has 0 saturated heterocycles. The molecule has 1 atom stereocenters. The molecule has 1 nitrogen and oxygen atoms in total. The van der Waals surface area contributed by atoms with E-state index in [9.17, 15) is 4.39 Å². The Morgan fingerprint density at radius 3 is 2.58 bits per heavy atom. The number of benzene rings is 1. The Labute approximate surface area is 118 Å². The lowest BCUT2D eigenvalue weighted by molar-refractivity contribution is 0.546. The largest absolute Gasteiger partial charge is 0.306 e. The molecule has 2 rings (SSSR count). The molecular weight excluding hydrogens is 257 g/mol. The predicted molar refractivity (Wildman–Crippen MR) is 80.3 cm³/mol. The molecule has 0 radical (unpaired) electrons. The van der Waals surface area contributed by atoms with Gasteiger partial charge in [-0.2, -0.15) is 0 Å². The summed E-state index contributed by atoms with van der Waals surface area (Å²) in [5.41, 5.74) is 2.87. The maximum absolute atomic E-state index is 14.2. The number of nitrogens with one attached hydrogen (secondary N) is 1. The van der Waals surface area contributed by atoms with E-state index in [1.54, 1.807) is 17.4 Å².